The second kappa shape index (κ2) is 10.8. The molecule has 8 heteroatoms. The van der Waals surface area contributed by atoms with Crippen molar-refractivity contribution in [2.45, 2.75) is 45.4 Å². The Hall–Kier alpha value is -4.85. The number of fused-ring (bicyclic) bond motifs is 1. The van der Waals surface area contributed by atoms with E-state index >= 15 is 0 Å². The largest absolute Gasteiger partial charge is 0.496 e. The van der Waals surface area contributed by atoms with Crippen LogP contribution in [0, 0.1) is 26.6 Å². The van der Waals surface area contributed by atoms with Crippen LogP contribution in [0.1, 0.15) is 62.8 Å². The molecule has 5 aromatic rings. The maximum absolute atomic E-state index is 13.9. The number of hydrogen-bond acceptors (Lipinski definition) is 6. The minimum atomic E-state index is -0.377. The molecule has 2 aromatic heterocycles. The van der Waals surface area contributed by atoms with Crippen LogP contribution in [-0.4, -0.2) is 35.8 Å². The van der Waals surface area contributed by atoms with Gasteiger partial charge in [-0.1, -0.05) is 6.07 Å². The van der Waals surface area contributed by atoms with Crippen LogP contribution in [0.4, 0.5) is 4.39 Å². The summed E-state index contributed by atoms with van der Waals surface area (Å²) in [7, 11) is 3.12. The number of carbonyl (C=O) groups excluding carboxylic acids is 2. The zero-order valence-corrected chi connectivity index (χ0v) is 24.8. The van der Waals surface area contributed by atoms with Crippen molar-refractivity contribution < 1.29 is 23.1 Å². The summed E-state index contributed by atoms with van der Waals surface area (Å²) in [5.41, 5.74) is 5.95. The van der Waals surface area contributed by atoms with Gasteiger partial charge in [0.25, 0.3) is 5.91 Å². The van der Waals surface area contributed by atoms with E-state index in [9.17, 15) is 14.0 Å². The van der Waals surface area contributed by atoms with E-state index < -0.39 is 0 Å². The van der Waals surface area contributed by atoms with Crippen molar-refractivity contribution in [1.29, 1.82) is 0 Å². The van der Waals surface area contributed by atoms with E-state index in [2.05, 4.69) is 15.3 Å². The molecule has 1 aliphatic rings. The summed E-state index contributed by atoms with van der Waals surface area (Å²) >= 11 is 0. The van der Waals surface area contributed by atoms with Crippen LogP contribution in [0.5, 0.6) is 5.75 Å². The molecule has 43 heavy (non-hydrogen) atoms. The predicted molar refractivity (Wildman–Crippen MR) is 163 cm³/mol. The molecule has 0 bridgehead atoms. The Morgan fingerprint density at radius 3 is 2.26 bits per heavy atom. The minimum Gasteiger partial charge on any atom is -0.496 e. The third kappa shape index (κ3) is 5.18. The summed E-state index contributed by atoms with van der Waals surface area (Å²) < 4.78 is 25.4. The van der Waals surface area contributed by atoms with E-state index in [1.165, 1.54) is 12.1 Å². The lowest BCUT2D eigenvalue weighted by Crippen LogP contribution is -2.18. The van der Waals surface area contributed by atoms with E-state index in [1.54, 1.807) is 26.3 Å². The number of aromatic nitrogens is 2. The van der Waals surface area contributed by atoms with E-state index in [4.69, 9.17) is 9.15 Å². The second-order valence-corrected chi connectivity index (χ2v) is 11.3. The van der Waals surface area contributed by atoms with Crippen molar-refractivity contribution in [2.75, 3.05) is 14.2 Å². The predicted octanol–water partition coefficient (Wildman–Crippen LogP) is 7.29. The number of carbonyl (C=O) groups is 2. The normalized spacial score (nSPS) is 13.6. The van der Waals surface area contributed by atoms with Gasteiger partial charge in [-0.3, -0.25) is 9.59 Å². The van der Waals surface area contributed by atoms with Gasteiger partial charge in [-0.05, 0) is 105 Å². The first-order valence-electron chi connectivity index (χ1n) is 14.2. The molecule has 0 radical (unpaired) electrons. The van der Waals surface area contributed by atoms with Crippen LogP contribution in [0.25, 0.3) is 33.4 Å². The fourth-order valence-electron chi connectivity index (χ4n) is 5.80. The molecule has 1 N–H and O–H groups in total. The Labute approximate surface area is 249 Å². The molecule has 1 saturated carbocycles. The number of methoxy groups -OCH3 is 1. The van der Waals surface area contributed by atoms with Crippen molar-refractivity contribution in [1.82, 2.24) is 15.3 Å². The minimum absolute atomic E-state index is 0.0348. The van der Waals surface area contributed by atoms with Gasteiger partial charge in [0.1, 0.15) is 28.7 Å². The lowest BCUT2D eigenvalue weighted by Gasteiger charge is -2.17. The Morgan fingerprint density at radius 1 is 0.953 bits per heavy atom. The summed E-state index contributed by atoms with van der Waals surface area (Å²) in [4.78, 5) is 36.3. The number of Topliss-reactive ketones (excluding diaryl/α,β-unsaturated/α-hetero) is 1. The summed E-state index contributed by atoms with van der Waals surface area (Å²) in [6.07, 6.45) is 2.01. The molecule has 0 aliphatic heterocycles. The smallest absolute Gasteiger partial charge is 0.255 e. The zero-order chi connectivity index (χ0) is 30.5. The molecule has 0 atom stereocenters. The molecule has 0 spiro atoms. The standard InChI is InChI=1S/C35H32FN3O4/c1-19-14-30(42-5)26(28(40)18-35(12-13-35)34-38-20(2)15-21(3)39-34)17-25(19)23-8-11-29-27(16-23)31(33(41)37-4)32(43-29)22-6-9-24(36)10-7-22/h6-11,14-17H,12-13,18H2,1-5H3,(H,37,41). The van der Waals surface area contributed by atoms with Crippen LogP contribution in [0.2, 0.25) is 0 Å². The monoisotopic (exact) mass is 577 g/mol. The molecule has 7 nitrogen and oxygen atoms in total. The molecule has 0 saturated heterocycles. The van der Waals surface area contributed by atoms with Gasteiger partial charge in [0.15, 0.2) is 5.78 Å². The van der Waals surface area contributed by atoms with Crippen molar-refractivity contribution >= 4 is 22.7 Å². The average molecular weight is 578 g/mol. The van der Waals surface area contributed by atoms with Crippen molar-refractivity contribution in [3.05, 3.63) is 100 Å². The SMILES string of the molecule is CNC(=O)c1c(-c2ccc(F)cc2)oc2ccc(-c3cc(C(=O)CC4(c5nc(C)cc(C)n5)CC4)c(OC)cc3C)cc12. The van der Waals surface area contributed by atoms with E-state index in [-0.39, 0.29) is 29.3 Å². The van der Waals surface area contributed by atoms with Crippen LogP contribution in [-0.2, 0) is 5.41 Å². The molecule has 3 aromatic carbocycles. The third-order valence-electron chi connectivity index (χ3n) is 8.22. The van der Waals surface area contributed by atoms with Crippen LogP contribution in [0.3, 0.4) is 0 Å². The van der Waals surface area contributed by atoms with Gasteiger partial charge in [0.2, 0.25) is 0 Å². The molecule has 6 rings (SSSR count). The quantitative estimate of drug-likeness (QED) is 0.195. The number of ether oxygens (including phenoxy) is 1. The Kier molecular flexibility index (Phi) is 7.08. The third-order valence-corrected chi connectivity index (χ3v) is 8.22. The van der Waals surface area contributed by atoms with Gasteiger partial charge in [-0.15, -0.1) is 0 Å². The molecule has 1 fully saturated rings. The number of ketones is 1. The lowest BCUT2D eigenvalue weighted by atomic mass is 9.90. The maximum Gasteiger partial charge on any atom is 0.255 e. The second-order valence-electron chi connectivity index (χ2n) is 11.3. The summed E-state index contributed by atoms with van der Waals surface area (Å²) in [6, 6.07) is 17.1. The number of amides is 1. The lowest BCUT2D eigenvalue weighted by molar-refractivity contribution is 0.0956. The van der Waals surface area contributed by atoms with Gasteiger partial charge in [0.05, 0.1) is 18.2 Å². The number of hydrogen-bond donors (Lipinski definition) is 1. The fraction of sp³-hybridized carbons (Fsp3) is 0.257. The molecular weight excluding hydrogens is 545 g/mol. The average Bonchev–Trinajstić information content (AvgIpc) is 3.67. The molecule has 2 heterocycles. The van der Waals surface area contributed by atoms with E-state index in [0.717, 1.165) is 46.7 Å². The highest BCUT2D eigenvalue weighted by atomic mass is 19.1. The van der Waals surface area contributed by atoms with Crippen LogP contribution < -0.4 is 10.1 Å². The number of nitrogens with zero attached hydrogens (tertiary/aromatic N) is 2. The number of furan rings is 1. The first-order chi connectivity index (χ1) is 20.6. The Balaban J connectivity index is 1.42. The highest BCUT2D eigenvalue weighted by molar-refractivity contribution is 6.12. The van der Waals surface area contributed by atoms with E-state index in [1.807, 2.05) is 57.2 Å². The van der Waals surface area contributed by atoms with Gasteiger partial charge in [-0.25, -0.2) is 14.4 Å². The van der Waals surface area contributed by atoms with Crippen molar-refractivity contribution in [3.63, 3.8) is 0 Å². The Morgan fingerprint density at radius 2 is 1.63 bits per heavy atom. The van der Waals surface area contributed by atoms with Gasteiger partial charge < -0.3 is 14.5 Å². The van der Waals surface area contributed by atoms with Gasteiger partial charge in [-0.2, -0.15) is 0 Å². The molecule has 218 valence electrons. The fourth-order valence-corrected chi connectivity index (χ4v) is 5.80. The summed E-state index contributed by atoms with van der Waals surface area (Å²) in [6.45, 7) is 5.85. The highest BCUT2D eigenvalue weighted by Gasteiger charge is 2.49. The van der Waals surface area contributed by atoms with Gasteiger partial charge >= 0.3 is 0 Å². The number of benzene rings is 3. The van der Waals surface area contributed by atoms with E-state index in [0.29, 0.717) is 39.2 Å². The molecule has 1 amide bonds. The zero-order valence-electron chi connectivity index (χ0n) is 24.8. The number of rotatable bonds is 8. The first kappa shape index (κ1) is 28.3. The van der Waals surface area contributed by atoms with Crippen molar-refractivity contribution in [3.8, 4) is 28.2 Å². The summed E-state index contributed by atoms with van der Waals surface area (Å²) in [5, 5.41) is 3.31. The molecule has 0 unspecified atom stereocenters. The van der Waals surface area contributed by atoms with Gasteiger partial charge in [0, 0.05) is 41.2 Å². The van der Waals surface area contributed by atoms with Crippen LogP contribution >= 0.6 is 0 Å². The first-order valence-corrected chi connectivity index (χ1v) is 14.2. The number of aryl methyl sites for hydroxylation is 3. The number of nitrogens with one attached hydrogen (secondary N) is 1. The maximum atomic E-state index is 13.9. The summed E-state index contributed by atoms with van der Waals surface area (Å²) in [5.74, 6) is 0.870. The number of halogens is 1. The molecular formula is C35H32FN3O4. The molecule has 1 aliphatic carbocycles. The highest BCUT2D eigenvalue weighted by Crippen LogP contribution is 2.51. The topological polar surface area (TPSA) is 94.3 Å². The van der Waals surface area contributed by atoms with Crippen molar-refractivity contribution in [2.24, 2.45) is 0 Å². The van der Waals surface area contributed by atoms with Crippen LogP contribution in [0.15, 0.2) is 65.1 Å². The Bertz CT molecular complexity index is 1890.